The number of aryl methyl sites for hydroxylation is 2. The van der Waals surface area contributed by atoms with Crippen LogP contribution in [-0.4, -0.2) is 9.55 Å². The van der Waals surface area contributed by atoms with Gasteiger partial charge in [-0.15, -0.1) is 0 Å². The van der Waals surface area contributed by atoms with Gasteiger partial charge in [0.1, 0.15) is 5.82 Å². The van der Waals surface area contributed by atoms with Crippen molar-refractivity contribution in [3.8, 4) is 0 Å². The average Bonchev–Trinajstić information content (AvgIpc) is 2.12. The van der Waals surface area contributed by atoms with Crippen molar-refractivity contribution in [1.82, 2.24) is 9.55 Å². The van der Waals surface area contributed by atoms with E-state index in [-0.39, 0.29) is 5.56 Å². The average molecular weight is 164 g/mol. The predicted molar refractivity (Wildman–Crippen MR) is 46.2 cm³/mol. The zero-order valence-electron chi connectivity index (χ0n) is 7.21. The number of nitrogens with zero attached hydrogens (tertiary/aromatic N) is 2. The largest absolute Gasteiger partial charge is 0.296 e. The Labute approximate surface area is 71.1 Å². The van der Waals surface area contributed by atoms with Gasteiger partial charge in [-0.2, -0.15) is 0 Å². The van der Waals surface area contributed by atoms with Crippen molar-refractivity contribution < 1.29 is 0 Å². The lowest BCUT2D eigenvalue weighted by Crippen LogP contribution is -2.29. The molecule has 0 fully saturated rings. The van der Waals surface area contributed by atoms with Crippen molar-refractivity contribution in [2.75, 3.05) is 0 Å². The Morgan fingerprint density at radius 2 is 2.33 bits per heavy atom. The second kappa shape index (κ2) is 2.73. The number of fused-ring (bicyclic) bond motifs is 1. The highest BCUT2D eigenvalue weighted by Crippen LogP contribution is 2.09. The highest BCUT2D eigenvalue weighted by atomic mass is 16.1. The molecular weight excluding hydrogens is 152 g/mol. The molecule has 0 aromatic carbocycles. The fourth-order valence-corrected chi connectivity index (χ4v) is 1.61. The van der Waals surface area contributed by atoms with E-state index in [1.807, 2.05) is 6.92 Å². The smallest absolute Gasteiger partial charge is 0.256 e. The third kappa shape index (κ3) is 1.05. The van der Waals surface area contributed by atoms with Gasteiger partial charge in [0.2, 0.25) is 0 Å². The summed E-state index contributed by atoms with van der Waals surface area (Å²) in [6, 6.07) is 0. The molecule has 0 bridgehead atoms. The second-order valence-electron chi connectivity index (χ2n) is 3.27. The molecule has 1 aromatic rings. The van der Waals surface area contributed by atoms with Crippen LogP contribution < -0.4 is 5.56 Å². The first kappa shape index (κ1) is 7.53. The molecule has 64 valence electrons. The molecule has 3 nitrogen and oxygen atoms in total. The van der Waals surface area contributed by atoms with Gasteiger partial charge < -0.3 is 0 Å². The Kier molecular flexibility index (Phi) is 1.71. The Hall–Kier alpha value is -1.12. The molecule has 0 atom stereocenters. The maximum absolute atomic E-state index is 11.5. The maximum Gasteiger partial charge on any atom is 0.256 e. The van der Waals surface area contributed by atoms with Gasteiger partial charge in [-0.1, -0.05) is 0 Å². The summed E-state index contributed by atoms with van der Waals surface area (Å²) >= 11 is 0. The minimum atomic E-state index is 0.139. The van der Waals surface area contributed by atoms with Crippen LogP contribution in [0, 0.1) is 6.92 Å². The van der Waals surface area contributed by atoms with Crippen molar-refractivity contribution in [2.24, 2.45) is 0 Å². The van der Waals surface area contributed by atoms with Crippen molar-refractivity contribution in [3.05, 3.63) is 27.9 Å². The zero-order chi connectivity index (χ0) is 8.55. The summed E-state index contributed by atoms with van der Waals surface area (Å²) in [5.41, 5.74) is 0.889. The van der Waals surface area contributed by atoms with E-state index in [4.69, 9.17) is 0 Å². The van der Waals surface area contributed by atoms with Crippen molar-refractivity contribution in [1.29, 1.82) is 0 Å². The van der Waals surface area contributed by atoms with E-state index in [9.17, 15) is 4.79 Å². The molecule has 0 N–H and O–H groups in total. The Bertz CT molecular complexity index is 354. The number of rotatable bonds is 0. The zero-order valence-corrected chi connectivity index (χ0v) is 7.21. The molecule has 0 saturated heterocycles. The predicted octanol–water partition coefficient (Wildman–Crippen LogP) is 0.888. The van der Waals surface area contributed by atoms with Crippen LogP contribution in [-0.2, 0) is 13.0 Å². The van der Waals surface area contributed by atoms with Crippen LogP contribution >= 0.6 is 0 Å². The quantitative estimate of drug-likeness (QED) is 0.570. The normalized spacial score (nSPS) is 15.8. The molecule has 0 radical (unpaired) electrons. The third-order valence-electron chi connectivity index (χ3n) is 2.33. The molecule has 2 heterocycles. The van der Waals surface area contributed by atoms with Crippen molar-refractivity contribution in [3.63, 3.8) is 0 Å². The summed E-state index contributed by atoms with van der Waals surface area (Å²) in [5.74, 6) is 0.955. The van der Waals surface area contributed by atoms with Gasteiger partial charge in [-0.3, -0.25) is 9.36 Å². The molecule has 0 spiro atoms. The topological polar surface area (TPSA) is 34.9 Å². The van der Waals surface area contributed by atoms with Gasteiger partial charge >= 0.3 is 0 Å². The lowest BCUT2D eigenvalue weighted by molar-refractivity contribution is 0.493. The van der Waals surface area contributed by atoms with Gasteiger partial charge in [-0.05, 0) is 19.8 Å². The highest BCUT2D eigenvalue weighted by Gasteiger charge is 2.11. The molecule has 1 aromatic heterocycles. The van der Waals surface area contributed by atoms with Gasteiger partial charge in [0.15, 0.2) is 0 Å². The summed E-state index contributed by atoms with van der Waals surface area (Å²) < 4.78 is 1.80. The number of hydrogen-bond acceptors (Lipinski definition) is 2. The molecule has 3 heteroatoms. The summed E-state index contributed by atoms with van der Waals surface area (Å²) in [6.45, 7) is 2.67. The summed E-state index contributed by atoms with van der Waals surface area (Å²) in [6.07, 6.45) is 4.91. The number of hydrogen-bond donors (Lipinski definition) is 0. The first-order valence-electron chi connectivity index (χ1n) is 4.34. The molecule has 0 amide bonds. The lowest BCUT2D eigenvalue weighted by atomic mass is 10.1. The van der Waals surface area contributed by atoms with Crippen LogP contribution in [0.1, 0.15) is 24.2 Å². The van der Waals surface area contributed by atoms with E-state index in [2.05, 4.69) is 4.98 Å². The Morgan fingerprint density at radius 1 is 1.50 bits per heavy atom. The summed E-state index contributed by atoms with van der Waals surface area (Å²) in [4.78, 5) is 15.8. The van der Waals surface area contributed by atoms with Crippen molar-refractivity contribution in [2.45, 2.75) is 32.7 Å². The van der Waals surface area contributed by atoms with Crippen LogP contribution in [0.2, 0.25) is 0 Å². The Balaban J connectivity index is 2.62. The molecule has 1 aliphatic rings. The van der Waals surface area contributed by atoms with E-state index in [0.717, 1.165) is 37.2 Å². The van der Waals surface area contributed by atoms with Crippen LogP contribution in [0.15, 0.2) is 11.0 Å². The Morgan fingerprint density at radius 3 is 3.17 bits per heavy atom. The van der Waals surface area contributed by atoms with E-state index in [1.165, 1.54) is 0 Å². The fourth-order valence-electron chi connectivity index (χ4n) is 1.61. The summed E-state index contributed by atoms with van der Waals surface area (Å²) in [5, 5.41) is 0. The van der Waals surface area contributed by atoms with E-state index >= 15 is 0 Å². The minimum Gasteiger partial charge on any atom is -0.296 e. The maximum atomic E-state index is 11.5. The minimum absolute atomic E-state index is 0.139. The summed E-state index contributed by atoms with van der Waals surface area (Å²) in [7, 11) is 0. The molecule has 0 aliphatic carbocycles. The van der Waals surface area contributed by atoms with E-state index in [1.54, 1.807) is 10.8 Å². The van der Waals surface area contributed by atoms with Gasteiger partial charge in [0.05, 0.1) is 0 Å². The van der Waals surface area contributed by atoms with E-state index in [0.29, 0.717) is 0 Å². The fraction of sp³-hybridized carbons (Fsp3) is 0.556. The highest BCUT2D eigenvalue weighted by molar-refractivity contribution is 5.06. The molecule has 0 unspecified atom stereocenters. The van der Waals surface area contributed by atoms with Gasteiger partial charge in [0, 0.05) is 24.7 Å². The molecular formula is C9H12N2O. The van der Waals surface area contributed by atoms with Crippen LogP contribution in [0.25, 0.3) is 0 Å². The molecule has 12 heavy (non-hydrogen) atoms. The lowest BCUT2D eigenvalue weighted by Gasteiger charge is -2.16. The monoisotopic (exact) mass is 164 g/mol. The second-order valence-corrected chi connectivity index (χ2v) is 3.27. The first-order valence-corrected chi connectivity index (χ1v) is 4.34. The first-order chi connectivity index (χ1) is 5.79. The van der Waals surface area contributed by atoms with Gasteiger partial charge in [-0.25, -0.2) is 4.98 Å². The van der Waals surface area contributed by atoms with E-state index < -0.39 is 0 Å². The van der Waals surface area contributed by atoms with Crippen molar-refractivity contribution >= 4 is 0 Å². The molecule has 2 rings (SSSR count). The molecule has 0 saturated carbocycles. The third-order valence-corrected chi connectivity index (χ3v) is 2.33. The SMILES string of the molecule is Cc1cnc2n(c1=O)CCCC2. The van der Waals surface area contributed by atoms with Crippen LogP contribution in [0.3, 0.4) is 0 Å². The molecule has 1 aliphatic heterocycles. The van der Waals surface area contributed by atoms with Gasteiger partial charge in [0.25, 0.3) is 5.56 Å². The van der Waals surface area contributed by atoms with Crippen LogP contribution in [0.5, 0.6) is 0 Å². The standard InChI is InChI=1S/C9H12N2O/c1-7-6-10-8-4-2-3-5-11(8)9(7)12/h6H,2-5H2,1H3. The van der Waals surface area contributed by atoms with Crippen LogP contribution in [0.4, 0.5) is 0 Å². The number of aromatic nitrogens is 2.